The van der Waals surface area contributed by atoms with Crippen LogP contribution in [0.25, 0.3) is 0 Å². The summed E-state index contributed by atoms with van der Waals surface area (Å²) in [7, 11) is 1.76. The van der Waals surface area contributed by atoms with Crippen molar-refractivity contribution in [1.82, 2.24) is 4.98 Å². The van der Waals surface area contributed by atoms with Crippen LogP contribution in [0.3, 0.4) is 0 Å². The highest BCUT2D eigenvalue weighted by molar-refractivity contribution is 7.99. The zero-order chi connectivity index (χ0) is 18.6. The van der Waals surface area contributed by atoms with E-state index in [0.29, 0.717) is 6.17 Å². The van der Waals surface area contributed by atoms with Gasteiger partial charge in [-0.3, -0.25) is 4.98 Å². The van der Waals surface area contributed by atoms with Gasteiger partial charge in [0.05, 0.1) is 11.7 Å². The van der Waals surface area contributed by atoms with Gasteiger partial charge in [-0.2, -0.15) is 0 Å². The minimum atomic E-state index is 0.0638. The summed E-state index contributed by atoms with van der Waals surface area (Å²) in [5, 5.41) is 0. The van der Waals surface area contributed by atoms with Gasteiger partial charge in [-0.05, 0) is 63.6 Å². The highest BCUT2D eigenvalue weighted by Gasteiger charge is 2.42. The summed E-state index contributed by atoms with van der Waals surface area (Å²) in [5.74, 6) is 1.09. The molecule has 4 nitrogen and oxygen atoms in total. The first-order valence-corrected chi connectivity index (χ1v) is 10.2. The maximum Gasteiger partial charge on any atom is 0.0993 e. The lowest BCUT2D eigenvalue weighted by atomic mass is 10.0. The summed E-state index contributed by atoms with van der Waals surface area (Å²) in [5.41, 5.74) is 2.57. The topological polar surface area (TPSA) is 28.6 Å². The molecular formula is C21H29N3OS. The van der Waals surface area contributed by atoms with Crippen LogP contribution in [0.15, 0.2) is 53.7 Å². The summed E-state index contributed by atoms with van der Waals surface area (Å²) >= 11 is 1.89. The van der Waals surface area contributed by atoms with Crippen molar-refractivity contribution >= 4 is 23.1 Å². The zero-order valence-corrected chi connectivity index (χ0v) is 17.0. The molecule has 2 aromatic rings. The van der Waals surface area contributed by atoms with Crippen molar-refractivity contribution in [3.05, 3.63) is 48.8 Å². The number of benzene rings is 1. The molecule has 26 heavy (non-hydrogen) atoms. The molecule has 0 saturated carbocycles. The van der Waals surface area contributed by atoms with Crippen molar-refractivity contribution in [2.24, 2.45) is 0 Å². The van der Waals surface area contributed by atoms with Gasteiger partial charge in [-0.15, -0.1) is 11.8 Å². The van der Waals surface area contributed by atoms with Crippen molar-refractivity contribution < 1.29 is 4.74 Å². The molecule has 1 atom stereocenters. The monoisotopic (exact) mass is 371 g/mol. The van der Waals surface area contributed by atoms with E-state index < -0.39 is 0 Å². The molecule has 0 aliphatic carbocycles. The smallest absolute Gasteiger partial charge is 0.0993 e. The van der Waals surface area contributed by atoms with E-state index in [9.17, 15) is 0 Å². The van der Waals surface area contributed by atoms with E-state index in [0.717, 1.165) is 25.3 Å². The maximum absolute atomic E-state index is 5.12. The van der Waals surface area contributed by atoms with Crippen molar-refractivity contribution in [3.63, 3.8) is 0 Å². The normalized spacial score (nSPS) is 19.2. The Morgan fingerprint density at radius 1 is 1.12 bits per heavy atom. The molecule has 0 bridgehead atoms. The SMILES string of the molecule is COCCCSc1ccc(N2CC(C)(C)N(c3ccncc3)C2C)cc1. The van der Waals surface area contributed by atoms with E-state index >= 15 is 0 Å². The van der Waals surface area contributed by atoms with Gasteiger partial charge in [-0.25, -0.2) is 0 Å². The fourth-order valence-electron chi connectivity index (χ4n) is 3.77. The van der Waals surface area contributed by atoms with Crippen LogP contribution in [0, 0.1) is 0 Å². The first-order chi connectivity index (χ1) is 12.5. The lowest BCUT2D eigenvalue weighted by Gasteiger charge is -2.35. The van der Waals surface area contributed by atoms with E-state index in [2.05, 4.69) is 72.0 Å². The predicted molar refractivity (Wildman–Crippen MR) is 111 cm³/mol. The van der Waals surface area contributed by atoms with Crippen LogP contribution in [0.1, 0.15) is 27.2 Å². The van der Waals surface area contributed by atoms with E-state index in [-0.39, 0.29) is 5.54 Å². The molecule has 0 radical (unpaired) electrons. The molecule has 2 heterocycles. The zero-order valence-electron chi connectivity index (χ0n) is 16.2. The van der Waals surface area contributed by atoms with Crippen molar-refractivity contribution in [2.75, 3.05) is 35.8 Å². The molecule has 140 valence electrons. The van der Waals surface area contributed by atoms with Gasteiger partial charge in [0.2, 0.25) is 0 Å². The van der Waals surface area contributed by atoms with Gasteiger partial charge in [-0.1, -0.05) is 0 Å². The third kappa shape index (κ3) is 4.15. The molecule has 1 aliphatic heterocycles. The number of anilines is 2. The molecule has 5 heteroatoms. The molecule has 1 saturated heterocycles. The Labute approximate surface area is 161 Å². The second kappa shape index (κ2) is 8.31. The van der Waals surface area contributed by atoms with Crippen LogP contribution in [-0.2, 0) is 4.74 Å². The number of thioether (sulfide) groups is 1. The summed E-state index contributed by atoms with van der Waals surface area (Å²) in [6.45, 7) is 8.73. The van der Waals surface area contributed by atoms with Crippen LogP contribution >= 0.6 is 11.8 Å². The quantitative estimate of drug-likeness (QED) is 0.521. The average Bonchev–Trinajstić information content (AvgIpc) is 2.89. The number of ether oxygens (including phenoxy) is 1. The number of nitrogens with zero attached hydrogens (tertiary/aromatic N) is 3. The molecular weight excluding hydrogens is 342 g/mol. The number of rotatable bonds is 7. The summed E-state index contributed by atoms with van der Waals surface area (Å²) in [4.78, 5) is 10.5. The molecule has 0 spiro atoms. The minimum absolute atomic E-state index is 0.0638. The molecule has 1 unspecified atom stereocenters. The number of methoxy groups -OCH3 is 1. The molecule has 1 aromatic carbocycles. The van der Waals surface area contributed by atoms with Gasteiger partial charge in [0, 0.05) is 54.7 Å². The molecule has 1 fully saturated rings. The molecule has 0 amide bonds. The Morgan fingerprint density at radius 3 is 2.46 bits per heavy atom. The van der Waals surface area contributed by atoms with Crippen molar-refractivity contribution in [3.8, 4) is 0 Å². The summed E-state index contributed by atoms with van der Waals surface area (Å²) in [6.07, 6.45) is 5.13. The number of aromatic nitrogens is 1. The fourth-order valence-corrected chi connectivity index (χ4v) is 4.60. The predicted octanol–water partition coefficient (Wildman–Crippen LogP) is 4.66. The maximum atomic E-state index is 5.12. The first-order valence-electron chi connectivity index (χ1n) is 9.21. The highest BCUT2D eigenvalue weighted by atomic mass is 32.2. The molecule has 1 aromatic heterocycles. The van der Waals surface area contributed by atoms with E-state index in [1.54, 1.807) is 7.11 Å². The number of pyridine rings is 1. The third-order valence-electron chi connectivity index (χ3n) is 4.90. The van der Waals surface area contributed by atoms with E-state index in [4.69, 9.17) is 4.74 Å². The van der Waals surface area contributed by atoms with Gasteiger partial charge in [0.25, 0.3) is 0 Å². The Morgan fingerprint density at radius 2 is 1.81 bits per heavy atom. The van der Waals surface area contributed by atoms with Gasteiger partial charge < -0.3 is 14.5 Å². The second-order valence-electron chi connectivity index (χ2n) is 7.34. The van der Waals surface area contributed by atoms with Crippen LogP contribution in [0.5, 0.6) is 0 Å². The standard InChI is InChI=1S/C21H29N3OS/c1-17-23(16-21(2,3)24(17)19-10-12-22-13-11-19)18-6-8-20(9-7-18)26-15-5-14-25-4/h6-13,17H,5,14-16H2,1-4H3. The van der Waals surface area contributed by atoms with Crippen LogP contribution in [0.4, 0.5) is 11.4 Å². The molecule has 0 N–H and O–H groups in total. The second-order valence-corrected chi connectivity index (χ2v) is 8.50. The Bertz CT molecular complexity index is 690. The Hall–Kier alpha value is -1.72. The lowest BCUT2D eigenvalue weighted by Crippen LogP contribution is -2.44. The van der Waals surface area contributed by atoms with Gasteiger partial charge >= 0.3 is 0 Å². The Balaban J connectivity index is 1.71. The lowest BCUT2D eigenvalue weighted by molar-refractivity contribution is 0.200. The van der Waals surface area contributed by atoms with E-state index in [1.807, 2.05) is 24.2 Å². The number of hydrogen-bond donors (Lipinski definition) is 0. The fraction of sp³-hybridized carbons (Fsp3) is 0.476. The average molecular weight is 372 g/mol. The number of hydrogen-bond acceptors (Lipinski definition) is 5. The third-order valence-corrected chi connectivity index (χ3v) is 6.00. The largest absolute Gasteiger partial charge is 0.385 e. The van der Waals surface area contributed by atoms with Crippen molar-refractivity contribution in [2.45, 2.75) is 43.8 Å². The van der Waals surface area contributed by atoms with Crippen LogP contribution < -0.4 is 9.80 Å². The molecule has 1 aliphatic rings. The Kier molecular flexibility index (Phi) is 6.09. The summed E-state index contributed by atoms with van der Waals surface area (Å²) < 4.78 is 5.12. The van der Waals surface area contributed by atoms with Crippen LogP contribution in [-0.4, -0.2) is 42.7 Å². The van der Waals surface area contributed by atoms with Gasteiger partial charge in [0.15, 0.2) is 0 Å². The van der Waals surface area contributed by atoms with Crippen LogP contribution in [0.2, 0.25) is 0 Å². The first kappa shape index (κ1) is 19.1. The van der Waals surface area contributed by atoms with Gasteiger partial charge in [0.1, 0.15) is 0 Å². The summed E-state index contributed by atoms with van der Waals surface area (Å²) in [6, 6.07) is 13.2. The molecule has 3 rings (SSSR count). The minimum Gasteiger partial charge on any atom is -0.385 e. The highest BCUT2D eigenvalue weighted by Crippen LogP contribution is 2.37. The van der Waals surface area contributed by atoms with E-state index in [1.165, 1.54) is 16.3 Å². The van der Waals surface area contributed by atoms with Crippen molar-refractivity contribution in [1.29, 1.82) is 0 Å².